The smallest absolute Gasteiger partial charge is 0.171 e. The number of nitrogens with one attached hydrogen (secondary N) is 2. The number of hydrogen-bond acceptors (Lipinski definition) is 4. The quantitative estimate of drug-likeness (QED) is 0.317. The molecule has 1 heterocycles. The van der Waals surface area contributed by atoms with Gasteiger partial charge in [0.1, 0.15) is 17.1 Å². The van der Waals surface area contributed by atoms with Crippen molar-refractivity contribution in [2.24, 2.45) is 0 Å². The van der Waals surface area contributed by atoms with Crippen molar-refractivity contribution < 1.29 is 9.47 Å². The third-order valence-corrected chi connectivity index (χ3v) is 6.65. The van der Waals surface area contributed by atoms with Crippen LogP contribution in [0.3, 0.4) is 0 Å². The number of fused-ring (bicyclic) bond motifs is 1. The number of thiocarbonyl (C=S) groups is 1. The Morgan fingerprint density at radius 3 is 2.56 bits per heavy atom. The summed E-state index contributed by atoms with van der Waals surface area (Å²) in [4.78, 5) is 1.28. The van der Waals surface area contributed by atoms with Gasteiger partial charge in [-0.3, -0.25) is 0 Å². The molecule has 3 aromatic rings. The Hall–Kier alpha value is -2.70. The van der Waals surface area contributed by atoms with Crippen LogP contribution >= 0.6 is 24.0 Å². The molecule has 1 atom stereocenters. The highest BCUT2D eigenvalue weighted by Crippen LogP contribution is 2.41. The SMILES string of the molecule is COc1ccc2c(c1)OC(C)(C)C[C@H]2NC(=S)Nc1ccc(CSc2ccccc2)cc1. The first-order valence-corrected chi connectivity index (χ1v) is 12.0. The van der Waals surface area contributed by atoms with Gasteiger partial charge < -0.3 is 20.1 Å². The van der Waals surface area contributed by atoms with Gasteiger partial charge in [-0.25, -0.2) is 0 Å². The summed E-state index contributed by atoms with van der Waals surface area (Å²) in [5, 5.41) is 7.39. The predicted molar refractivity (Wildman–Crippen MR) is 137 cm³/mol. The van der Waals surface area contributed by atoms with Crippen molar-refractivity contribution in [2.45, 2.75) is 42.6 Å². The van der Waals surface area contributed by atoms with E-state index in [1.165, 1.54) is 10.5 Å². The lowest BCUT2D eigenvalue weighted by molar-refractivity contribution is 0.0693. The van der Waals surface area contributed by atoms with Gasteiger partial charge in [0, 0.05) is 34.4 Å². The molecule has 0 spiro atoms. The van der Waals surface area contributed by atoms with Gasteiger partial charge in [0.15, 0.2) is 5.11 Å². The van der Waals surface area contributed by atoms with Gasteiger partial charge in [0.05, 0.1) is 13.2 Å². The van der Waals surface area contributed by atoms with Crippen LogP contribution in [-0.4, -0.2) is 17.8 Å². The van der Waals surface area contributed by atoms with Crippen LogP contribution in [0.25, 0.3) is 0 Å². The number of rotatable bonds is 6. The molecule has 0 radical (unpaired) electrons. The van der Waals surface area contributed by atoms with Crippen molar-refractivity contribution in [1.82, 2.24) is 5.32 Å². The van der Waals surface area contributed by atoms with Gasteiger partial charge >= 0.3 is 0 Å². The molecule has 0 aromatic heterocycles. The van der Waals surface area contributed by atoms with Crippen LogP contribution in [0.15, 0.2) is 77.7 Å². The van der Waals surface area contributed by atoms with Crippen LogP contribution in [0.4, 0.5) is 5.69 Å². The van der Waals surface area contributed by atoms with E-state index in [1.54, 1.807) is 7.11 Å². The summed E-state index contributed by atoms with van der Waals surface area (Å²) in [7, 11) is 1.66. The Labute approximate surface area is 199 Å². The van der Waals surface area contributed by atoms with Crippen LogP contribution in [0.2, 0.25) is 0 Å². The summed E-state index contributed by atoms with van der Waals surface area (Å²) in [6.07, 6.45) is 0.809. The summed E-state index contributed by atoms with van der Waals surface area (Å²) in [5.74, 6) is 2.55. The number of benzene rings is 3. The Balaban J connectivity index is 1.37. The van der Waals surface area contributed by atoms with Crippen LogP contribution in [-0.2, 0) is 5.75 Å². The van der Waals surface area contributed by atoms with Crippen molar-refractivity contribution in [3.05, 3.63) is 83.9 Å². The summed E-state index contributed by atoms with van der Waals surface area (Å²) < 4.78 is 11.5. The van der Waals surface area contributed by atoms with Crippen LogP contribution in [0.1, 0.15) is 37.4 Å². The first-order chi connectivity index (χ1) is 15.4. The van der Waals surface area contributed by atoms with Crippen molar-refractivity contribution >= 4 is 34.8 Å². The first kappa shape index (κ1) is 22.5. The molecule has 166 valence electrons. The largest absolute Gasteiger partial charge is 0.497 e. The molecular formula is C26H28N2O2S2. The second-order valence-corrected chi connectivity index (χ2v) is 9.88. The average molecular weight is 465 g/mol. The van der Waals surface area contributed by atoms with Gasteiger partial charge in [-0.1, -0.05) is 30.3 Å². The molecule has 1 aliphatic heterocycles. The number of hydrogen-bond donors (Lipinski definition) is 2. The molecule has 0 amide bonds. The van der Waals surface area contributed by atoms with Crippen LogP contribution in [0, 0.1) is 0 Å². The lowest BCUT2D eigenvalue weighted by Crippen LogP contribution is -2.42. The zero-order valence-corrected chi connectivity index (χ0v) is 20.2. The molecule has 1 aliphatic rings. The number of methoxy groups -OCH3 is 1. The summed E-state index contributed by atoms with van der Waals surface area (Å²) in [5.41, 5.74) is 3.03. The highest BCUT2D eigenvalue weighted by Gasteiger charge is 2.34. The highest BCUT2D eigenvalue weighted by atomic mass is 32.2. The molecule has 0 bridgehead atoms. The van der Waals surface area contributed by atoms with Crippen molar-refractivity contribution in [2.75, 3.05) is 12.4 Å². The number of anilines is 1. The zero-order valence-electron chi connectivity index (χ0n) is 18.6. The Morgan fingerprint density at radius 2 is 1.84 bits per heavy atom. The summed E-state index contributed by atoms with van der Waals surface area (Å²) in [6, 6.07) is 24.9. The van der Waals surface area contributed by atoms with Crippen LogP contribution in [0.5, 0.6) is 11.5 Å². The lowest BCUT2D eigenvalue weighted by Gasteiger charge is -2.38. The molecule has 2 N–H and O–H groups in total. The molecule has 4 nitrogen and oxygen atoms in total. The van der Waals surface area contributed by atoms with Crippen molar-refractivity contribution in [3.8, 4) is 11.5 Å². The third kappa shape index (κ3) is 5.75. The van der Waals surface area contributed by atoms with E-state index >= 15 is 0 Å². The van der Waals surface area contributed by atoms with Gasteiger partial charge in [0.2, 0.25) is 0 Å². The van der Waals surface area contributed by atoms with Gasteiger partial charge in [-0.2, -0.15) is 0 Å². The molecule has 3 aromatic carbocycles. The average Bonchev–Trinajstić information content (AvgIpc) is 2.78. The maximum Gasteiger partial charge on any atom is 0.171 e. The maximum atomic E-state index is 6.17. The maximum absolute atomic E-state index is 6.17. The van der Waals surface area contributed by atoms with E-state index in [1.807, 2.05) is 36.0 Å². The highest BCUT2D eigenvalue weighted by molar-refractivity contribution is 7.98. The first-order valence-electron chi connectivity index (χ1n) is 10.6. The van der Waals surface area contributed by atoms with E-state index in [0.717, 1.165) is 34.9 Å². The minimum absolute atomic E-state index is 0.0567. The zero-order chi connectivity index (χ0) is 22.6. The molecule has 32 heavy (non-hydrogen) atoms. The standard InChI is InChI=1S/C26H28N2O2S2/c1-26(2)16-23(22-14-13-20(29-3)15-24(22)30-26)28-25(31)27-19-11-9-18(10-12-19)17-32-21-7-5-4-6-8-21/h4-15,23H,16-17H2,1-3H3,(H2,27,28,31)/t23-/m1/s1. The van der Waals surface area contributed by atoms with E-state index in [9.17, 15) is 0 Å². The Bertz CT molecular complexity index is 1070. The van der Waals surface area contributed by atoms with Crippen LogP contribution < -0.4 is 20.1 Å². The molecule has 6 heteroatoms. The summed E-state index contributed by atoms with van der Waals surface area (Å²) in [6.45, 7) is 4.18. The molecular weight excluding hydrogens is 436 g/mol. The fourth-order valence-corrected chi connectivity index (χ4v) is 4.92. The second kappa shape index (κ2) is 9.84. The molecule has 0 saturated heterocycles. The minimum atomic E-state index is -0.301. The van der Waals surface area contributed by atoms with E-state index in [4.69, 9.17) is 21.7 Å². The van der Waals surface area contributed by atoms with E-state index in [0.29, 0.717) is 5.11 Å². The molecule has 0 fully saturated rings. The fraction of sp³-hybridized carbons (Fsp3) is 0.269. The topological polar surface area (TPSA) is 42.5 Å². The van der Waals surface area contributed by atoms with E-state index in [2.05, 4.69) is 73.0 Å². The predicted octanol–water partition coefficient (Wildman–Crippen LogP) is 6.58. The van der Waals surface area contributed by atoms with Gasteiger partial charge in [-0.05, 0) is 68.0 Å². The normalized spacial score (nSPS) is 16.4. The minimum Gasteiger partial charge on any atom is -0.497 e. The number of ether oxygens (including phenoxy) is 2. The fourth-order valence-electron chi connectivity index (χ4n) is 3.78. The second-order valence-electron chi connectivity index (χ2n) is 8.42. The third-order valence-electron chi connectivity index (χ3n) is 5.34. The van der Waals surface area contributed by atoms with Crippen molar-refractivity contribution in [1.29, 1.82) is 0 Å². The number of thioether (sulfide) groups is 1. The monoisotopic (exact) mass is 464 g/mol. The Kier molecular flexibility index (Phi) is 6.92. The lowest BCUT2D eigenvalue weighted by atomic mass is 9.89. The van der Waals surface area contributed by atoms with E-state index < -0.39 is 0 Å². The van der Waals surface area contributed by atoms with E-state index in [-0.39, 0.29) is 11.6 Å². The Morgan fingerprint density at radius 1 is 1.09 bits per heavy atom. The van der Waals surface area contributed by atoms with Crippen molar-refractivity contribution in [3.63, 3.8) is 0 Å². The molecule has 4 rings (SSSR count). The summed E-state index contributed by atoms with van der Waals surface area (Å²) >= 11 is 7.46. The molecule has 0 aliphatic carbocycles. The van der Waals surface area contributed by atoms with Gasteiger partial charge in [0.25, 0.3) is 0 Å². The molecule has 0 unspecified atom stereocenters. The molecule has 0 saturated carbocycles. The van der Waals surface area contributed by atoms with Gasteiger partial charge in [-0.15, -0.1) is 11.8 Å².